The summed E-state index contributed by atoms with van der Waals surface area (Å²) in [6.45, 7) is 10.8. The van der Waals surface area contributed by atoms with Gasteiger partial charge in [0.05, 0.1) is 11.2 Å². The molecular weight excluding hydrogens is 198 g/mol. The highest BCUT2D eigenvalue weighted by Gasteiger charge is 2.19. The van der Waals surface area contributed by atoms with E-state index in [1.54, 1.807) is 0 Å². The van der Waals surface area contributed by atoms with Crippen molar-refractivity contribution in [3.63, 3.8) is 0 Å². The Kier molecular flexibility index (Phi) is 4.14. The van der Waals surface area contributed by atoms with Crippen molar-refractivity contribution in [3.05, 3.63) is 17.5 Å². The van der Waals surface area contributed by atoms with E-state index in [4.69, 9.17) is 5.73 Å². The summed E-state index contributed by atoms with van der Waals surface area (Å²) in [6, 6.07) is 2.38. The van der Waals surface area contributed by atoms with Gasteiger partial charge in [-0.25, -0.2) is 0 Å². The smallest absolute Gasteiger partial charge is 0.0643 e. The Morgan fingerprint density at radius 3 is 2.50 bits per heavy atom. The van der Waals surface area contributed by atoms with Crippen LogP contribution in [-0.4, -0.2) is 15.8 Å². The van der Waals surface area contributed by atoms with E-state index in [9.17, 15) is 0 Å². The van der Waals surface area contributed by atoms with Crippen LogP contribution in [0, 0.1) is 0 Å². The first-order valence-corrected chi connectivity index (χ1v) is 6.18. The lowest BCUT2D eigenvalue weighted by Crippen LogP contribution is -2.26. The van der Waals surface area contributed by atoms with Crippen molar-refractivity contribution in [1.29, 1.82) is 0 Å². The summed E-state index contributed by atoms with van der Waals surface area (Å²) in [6.07, 6.45) is 3.10. The van der Waals surface area contributed by atoms with Crippen molar-refractivity contribution in [2.45, 2.75) is 65.5 Å². The van der Waals surface area contributed by atoms with Gasteiger partial charge in [-0.1, -0.05) is 13.3 Å². The zero-order chi connectivity index (χ0) is 12.3. The maximum Gasteiger partial charge on any atom is 0.0643 e. The third-order valence-corrected chi connectivity index (χ3v) is 2.51. The van der Waals surface area contributed by atoms with Gasteiger partial charge in [0.1, 0.15) is 0 Å². The Bertz CT molecular complexity index is 331. The molecule has 0 spiro atoms. The van der Waals surface area contributed by atoms with Gasteiger partial charge in [0, 0.05) is 18.2 Å². The Morgan fingerprint density at radius 1 is 1.44 bits per heavy atom. The van der Waals surface area contributed by atoms with E-state index in [0.29, 0.717) is 0 Å². The zero-order valence-corrected chi connectivity index (χ0v) is 11.2. The van der Waals surface area contributed by atoms with Gasteiger partial charge in [-0.05, 0) is 40.2 Å². The van der Waals surface area contributed by atoms with Crippen molar-refractivity contribution in [2.24, 2.45) is 5.73 Å². The maximum absolute atomic E-state index is 5.82. The number of rotatable bonds is 4. The Hall–Kier alpha value is -0.830. The third kappa shape index (κ3) is 3.34. The molecule has 92 valence electrons. The third-order valence-electron chi connectivity index (χ3n) is 2.51. The van der Waals surface area contributed by atoms with E-state index in [0.717, 1.165) is 25.0 Å². The van der Waals surface area contributed by atoms with Gasteiger partial charge in [0.25, 0.3) is 0 Å². The van der Waals surface area contributed by atoms with Crippen molar-refractivity contribution < 1.29 is 0 Å². The normalized spacial score (nSPS) is 14.1. The molecule has 0 radical (unpaired) electrons. The fourth-order valence-electron chi connectivity index (χ4n) is 1.92. The lowest BCUT2D eigenvalue weighted by atomic mass is 10.1. The number of nitrogens with zero attached hydrogens (tertiary/aromatic N) is 2. The monoisotopic (exact) mass is 223 g/mol. The molecule has 1 heterocycles. The first kappa shape index (κ1) is 13.2. The second-order valence-electron chi connectivity index (χ2n) is 5.64. The fourth-order valence-corrected chi connectivity index (χ4v) is 1.92. The molecule has 0 aromatic carbocycles. The first-order valence-electron chi connectivity index (χ1n) is 6.18. The average molecular weight is 223 g/mol. The summed E-state index contributed by atoms with van der Waals surface area (Å²) >= 11 is 0. The molecule has 0 fully saturated rings. The van der Waals surface area contributed by atoms with E-state index in [1.807, 2.05) is 6.92 Å². The highest BCUT2D eigenvalue weighted by atomic mass is 15.3. The molecule has 1 aromatic heterocycles. The number of aryl methyl sites for hydroxylation is 1. The molecule has 0 aliphatic heterocycles. The molecule has 0 saturated heterocycles. The van der Waals surface area contributed by atoms with Crippen LogP contribution in [0.15, 0.2) is 6.07 Å². The molecule has 2 N–H and O–H groups in total. The number of aromatic nitrogens is 2. The van der Waals surface area contributed by atoms with E-state index < -0.39 is 0 Å². The highest BCUT2D eigenvalue weighted by molar-refractivity contribution is 5.13. The molecule has 0 saturated carbocycles. The van der Waals surface area contributed by atoms with E-state index in [1.165, 1.54) is 5.69 Å². The lowest BCUT2D eigenvalue weighted by Gasteiger charge is -2.22. The Morgan fingerprint density at radius 2 is 2.06 bits per heavy atom. The summed E-state index contributed by atoms with van der Waals surface area (Å²) in [4.78, 5) is 0. The quantitative estimate of drug-likeness (QED) is 0.852. The number of hydrogen-bond acceptors (Lipinski definition) is 2. The first-order chi connectivity index (χ1) is 7.34. The molecule has 0 amide bonds. The van der Waals surface area contributed by atoms with E-state index >= 15 is 0 Å². The van der Waals surface area contributed by atoms with Gasteiger partial charge in [-0.15, -0.1) is 0 Å². The summed E-state index contributed by atoms with van der Waals surface area (Å²) < 4.78 is 2.15. The predicted octanol–water partition coefficient (Wildman–Crippen LogP) is 2.48. The lowest BCUT2D eigenvalue weighted by molar-refractivity contribution is 0.340. The fraction of sp³-hybridized carbons (Fsp3) is 0.769. The van der Waals surface area contributed by atoms with Crippen LogP contribution in [0.5, 0.6) is 0 Å². The van der Waals surface area contributed by atoms with E-state index in [-0.39, 0.29) is 11.6 Å². The molecule has 3 heteroatoms. The van der Waals surface area contributed by atoms with Crippen molar-refractivity contribution in [1.82, 2.24) is 9.78 Å². The minimum Gasteiger partial charge on any atom is -0.328 e. The average Bonchev–Trinajstić information content (AvgIpc) is 2.46. The van der Waals surface area contributed by atoms with Crippen molar-refractivity contribution in [2.75, 3.05) is 0 Å². The topological polar surface area (TPSA) is 43.8 Å². The Labute approximate surface area is 99.0 Å². The van der Waals surface area contributed by atoms with Crippen LogP contribution < -0.4 is 5.73 Å². The van der Waals surface area contributed by atoms with Gasteiger partial charge in [-0.3, -0.25) is 4.68 Å². The van der Waals surface area contributed by atoms with Crippen LogP contribution in [-0.2, 0) is 18.4 Å². The molecule has 16 heavy (non-hydrogen) atoms. The van der Waals surface area contributed by atoms with Crippen LogP contribution >= 0.6 is 0 Å². The van der Waals surface area contributed by atoms with Crippen LogP contribution in [0.4, 0.5) is 0 Å². The highest BCUT2D eigenvalue weighted by Crippen LogP contribution is 2.19. The second kappa shape index (κ2) is 5.00. The van der Waals surface area contributed by atoms with Gasteiger partial charge in [0.2, 0.25) is 0 Å². The molecular formula is C13H25N3. The largest absolute Gasteiger partial charge is 0.328 e. The summed E-state index contributed by atoms with van der Waals surface area (Å²) in [5, 5.41) is 4.68. The number of nitrogens with two attached hydrogens (primary N) is 1. The van der Waals surface area contributed by atoms with Crippen molar-refractivity contribution in [3.8, 4) is 0 Å². The molecule has 1 unspecified atom stereocenters. The molecule has 0 bridgehead atoms. The molecule has 0 aliphatic rings. The van der Waals surface area contributed by atoms with Gasteiger partial charge in [0.15, 0.2) is 0 Å². The van der Waals surface area contributed by atoms with Crippen molar-refractivity contribution >= 4 is 0 Å². The molecule has 1 atom stereocenters. The van der Waals surface area contributed by atoms with Crippen LogP contribution in [0.2, 0.25) is 0 Å². The second-order valence-corrected chi connectivity index (χ2v) is 5.64. The maximum atomic E-state index is 5.82. The van der Waals surface area contributed by atoms with Gasteiger partial charge in [-0.2, -0.15) is 5.10 Å². The standard InChI is InChI=1S/C13H25N3/c1-6-7-12-9-11(8-10(2)14)15-16(12)13(3,4)5/h9-10H,6-8,14H2,1-5H3. The summed E-state index contributed by atoms with van der Waals surface area (Å²) in [7, 11) is 0. The minimum absolute atomic E-state index is 0.0561. The van der Waals surface area contributed by atoms with Crippen LogP contribution in [0.1, 0.15) is 52.4 Å². The SMILES string of the molecule is CCCc1cc(CC(C)N)nn1C(C)(C)C. The molecule has 1 rings (SSSR count). The summed E-state index contributed by atoms with van der Waals surface area (Å²) in [5.74, 6) is 0. The van der Waals surface area contributed by atoms with E-state index in [2.05, 4.69) is 43.5 Å². The van der Waals surface area contributed by atoms with Gasteiger partial charge >= 0.3 is 0 Å². The Balaban J connectivity index is 3.00. The van der Waals surface area contributed by atoms with Crippen LogP contribution in [0.25, 0.3) is 0 Å². The zero-order valence-electron chi connectivity index (χ0n) is 11.2. The minimum atomic E-state index is 0.0561. The van der Waals surface area contributed by atoms with Gasteiger partial charge < -0.3 is 5.73 Å². The molecule has 0 aliphatic carbocycles. The summed E-state index contributed by atoms with van der Waals surface area (Å²) in [5.41, 5.74) is 8.32. The van der Waals surface area contributed by atoms with Crippen LogP contribution in [0.3, 0.4) is 0 Å². The predicted molar refractivity (Wildman–Crippen MR) is 68.6 cm³/mol. The molecule has 1 aromatic rings. The number of hydrogen-bond donors (Lipinski definition) is 1. The molecule has 3 nitrogen and oxygen atoms in total.